The molecular formula is C14H10ClN3O5. The number of para-hydroxylation sites is 1. The van der Waals surface area contributed by atoms with Gasteiger partial charge in [0.05, 0.1) is 9.95 Å². The molecule has 0 unspecified atom stereocenters. The Morgan fingerprint density at radius 2 is 1.87 bits per heavy atom. The van der Waals surface area contributed by atoms with E-state index in [0.29, 0.717) is 0 Å². The summed E-state index contributed by atoms with van der Waals surface area (Å²) in [6.07, 6.45) is 0. The summed E-state index contributed by atoms with van der Waals surface area (Å²) in [6.45, 7) is 0. The molecule has 0 aliphatic heterocycles. The molecule has 3 N–H and O–H groups in total. The van der Waals surface area contributed by atoms with E-state index in [9.17, 15) is 24.8 Å². The fourth-order valence-electron chi connectivity index (χ4n) is 1.74. The third-order valence-corrected chi connectivity index (χ3v) is 3.08. The molecule has 0 radical (unpaired) electrons. The summed E-state index contributed by atoms with van der Waals surface area (Å²) in [6, 6.07) is 8.27. The summed E-state index contributed by atoms with van der Waals surface area (Å²) in [7, 11) is 0. The number of nitro benzene ring substituents is 1. The van der Waals surface area contributed by atoms with Crippen molar-refractivity contribution in [1.82, 2.24) is 5.32 Å². The van der Waals surface area contributed by atoms with Crippen LogP contribution in [-0.4, -0.2) is 22.0 Å². The number of phenolic OH excluding ortho intramolecular Hbond substituents is 1. The van der Waals surface area contributed by atoms with Crippen molar-refractivity contribution >= 4 is 34.9 Å². The lowest BCUT2D eigenvalue weighted by molar-refractivity contribution is -0.385. The summed E-state index contributed by atoms with van der Waals surface area (Å²) in [5.74, 6) is -1.08. The predicted octanol–water partition coefficient (Wildman–Crippen LogP) is 2.92. The van der Waals surface area contributed by atoms with E-state index in [0.717, 1.165) is 6.07 Å². The number of phenols is 1. The van der Waals surface area contributed by atoms with Gasteiger partial charge in [-0.2, -0.15) is 0 Å². The zero-order valence-corrected chi connectivity index (χ0v) is 12.2. The fourth-order valence-corrected chi connectivity index (χ4v) is 1.92. The molecule has 118 valence electrons. The highest BCUT2D eigenvalue weighted by molar-refractivity contribution is 6.32. The fraction of sp³-hybridized carbons (Fsp3) is 0. The molecule has 0 saturated carbocycles. The van der Waals surface area contributed by atoms with Gasteiger partial charge < -0.3 is 10.4 Å². The minimum absolute atomic E-state index is 0.0211. The molecule has 0 spiro atoms. The zero-order chi connectivity index (χ0) is 17.0. The highest BCUT2D eigenvalue weighted by Crippen LogP contribution is 2.26. The number of imide groups is 1. The Hall–Kier alpha value is -3.13. The molecule has 0 saturated heterocycles. The monoisotopic (exact) mass is 335 g/mol. The second-order valence-corrected chi connectivity index (χ2v) is 4.76. The third kappa shape index (κ3) is 3.95. The highest BCUT2D eigenvalue weighted by atomic mass is 35.5. The van der Waals surface area contributed by atoms with Crippen LogP contribution >= 0.6 is 11.6 Å². The first-order chi connectivity index (χ1) is 10.9. The van der Waals surface area contributed by atoms with Crippen LogP contribution in [0.2, 0.25) is 5.02 Å². The van der Waals surface area contributed by atoms with Crippen LogP contribution in [0, 0.1) is 10.1 Å². The van der Waals surface area contributed by atoms with Gasteiger partial charge in [0, 0.05) is 11.8 Å². The number of hydrogen-bond donors (Lipinski definition) is 3. The molecule has 2 rings (SSSR count). The first-order valence-corrected chi connectivity index (χ1v) is 6.60. The minimum Gasteiger partial charge on any atom is -0.506 e. The number of nitrogens with zero attached hydrogens (tertiary/aromatic N) is 1. The van der Waals surface area contributed by atoms with Crippen molar-refractivity contribution in [3.63, 3.8) is 0 Å². The topological polar surface area (TPSA) is 122 Å². The number of nitro groups is 1. The maximum Gasteiger partial charge on any atom is 0.326 e. The number of amides is 3. The third-order valence-electron chi connectivity index (χ3n) is 2.78. The van der Waals surface area contributed by atoms with Crippen LogP contribution in [0.4, 0.5) is 16.2 Å². The SMILES string of the molecule is O=C(NC(=O)c1ccccc1[N+](=O)[O-])Nc1ccc(O)c(Cl)c1. The van der Waals surface area contributed by atoms with Crippen molar-refractivity contribution in [2.45, 2.75) is 0 Å². The number of halogens is 1. The van der Waals surface area contributed by atoms with Gasteiger partial charge in [-0.05, 0) is 24.3 Å². The molecule has 23 heavy (non-hydrogen) atoms. The van der Waals surface area contributed by atoms with Crippen LogP contribution in [-0.2, 0) is 0 Å². The van der Waals surface area contributed by atoms with E-state index < -0.39 is 22.5 Å². The number of anilines is 1. The summed E-state index contributed by atoms with van der Waals surface area (Å²) in [5, 5.41) is 24.5. The highest BCUT2D eigenvalue weighted by Gasteiger charge is 2.20. The van der Waals surface area contributed by atoms with Gasteiger partial charge >= 0.3 is 6.03 Å². The van der Waals surface area contributed by atoms with E-state index in [4.69, 9.17) is 11.6 Å². The molecular weight excluding hydrogens is 326 g/mol. The van der Waals surface area contributed by atoms with Crippen LogP contribution in [0.3, 0.4) is 0 Å². The Morgan fingerprint density at radius 1 is 1.17 bits per heavy atom. The van der Waals surface area contributed by atoms with Crippen molar-refractivity contribution in [1.29, 1.82) is 0 Å². The number of urea groups is 1. The van der Waals surface area contributed by atoms with Crippen molar-refractivity contribution in [2.24, 2.45) is 0 Å². The van der Waals surface area contributed by atoms with E-state index in [1.54, 1.807) is 0 Å². The van der Waals surface area contributed by atoms with Crippen LogP contribution in [0.5, 0.6) is 5.75 Å². The molecule has 0 atom stereocenters. The molecule has 0 aromatic heterocycles. The number of benzene rings is 2. The van der Waals surface area contributed by atoms with Gasteiger partial charge in [-0.15, -0.1) is 0 Å². The van der Waals surface area contributed by atoms with Gasteiger partial charge in [-0.25, -0.2) is 4.79 Å². The Morgan fingerprint density at radius 3 is 2.52 bits per heavy atom. The second kappa shape index (κ2) is 6.75. The smallest absolute Gasteiger partial charge is 0.326 e. The van der Waals surface area contributed by atoms with E-state index >= 15 is 0 Å². The number of rotatable bonds is 3. The maximum atomic E-state index is 11.9. The molecule has 2 aromatic rings. The molecule has 0 aliphatic rings. The maximum absolute atomic E-state index is 11.9. The van der Waals surface area contributed by atoms with Gasteiger partial charge in [0.1, 0.15) is 11.3 Å². The van der Waals surface area contributed by atoms with Gasteiger partial charge in [0.25, 0.3) is 11.6 Å². The van der Waals surface area contributed by atoms with E-state index in [2.05, 4.69) is 5.32 Å². The quantitative estimate of drug-likeness (QED) is 0.452. The largest absolute Gasteiger partial charge is 0.506 e. The zero-order valence-electron chi connectivity index (χ0n) is 11.4. The van der Waals surface area contributed by atoms with Gasteiger partial charge in [0.2, 0.25) is 0 Å². The van der Waals surface area contributed by atoms with Crippen LogP contribution < -0.4 is 10.6 Å². The van der Waals surface area contributed by atoms with E-state index in [-0.39, 0.29) is 22.0 Å². The van der Waals surface area contributed by atoms with Gasteiger partial charge in [0.15, 0.2) is 0 Å². The van der Waals surface area contributed by atoms with Crippen molar-refractivity contribution in [3.8, 4) is 5.75 Å². The molecule has 0 aliphatic carbocycles. The summed E-state index contributed by atoms with van der Waals surface area (Å²) in [4.78, 5) is 33.8. The summed E-state index contributed by atoms with van der Waals surface area (Å²) >= 11 is 5.69. The predicted molar refractivity (Wildman–Crippen MR) is 82.7 cm³/mol. The molecule has 0 bridgehead atoms. The Bertz CT molecular complexity index is 794. The first-order valence-electron chi connectivity index (χ1n) is 6.22. The van der Waals surface area contributed by atoms with Crippen molar-refractivity contribution in [2.75, 3.05) is 5.32 Å². The lowest BCUT2D eigenvalue weighted by atomic mass is 10.1. The Kier molecular flexibility index (Phi) is 4.77. The Balaban J connectivity index is 2.10. The average Bonchev–Trinajstić information content (AvgIpc) is 2.50. The van der Waals surface area contributed by atoms with Gasteiger partial charge in [-0.1, -0.05) is 23.7 Å². The number of nitrogens with one attached hydrogen (secondary N) is 2. The Labute approximate surface area is 134 Å². The lowest BCUT2D eigenvalue weighted by Gasteiger charge is -2.08. The van der Waals surface area contributed by atoms with E-state index in [1.807, 2.05) is 5.32 Å². The van der Waals surface area contributed by atoms with Crippen LogP contribution in [0.15, 0.2) is 42.5 Å². The number of carbonyl (C=O) groups excluding carboxylic acids is 2. The number of carbonyl (C=O) groups is 2. The molecule has 0 fully saturated rings. The first kappa shape index (κ1) is 16.2. The lowest BCUT2D eigenvalue weighted by Crippen LogP contribution is -2.34. The van der Waals surface area contributed by atoms with Crippen LogP contribution in [0.1, 0.15) is 10.4 Å². The van der Waals surface area contributed by atoms with Crippen molar-refractivity contribution < 1.29 is 19.6 Å². The molecule has 8 nitrogen and oxygen atoms in total. The average molecular weight is 336 g/mol. The van der Waals surface area contributed by atoms with Gasteiger partial charge in [-0.3, -0.25) is 20.2 Å². The standard InChI is InChI=1S/C14H10ClN3O5/c15-10-7-8(5-6-12(10)19)16-14(21)17-13(20)9-3-1-2-4-11(9)18(22)23/h1-7,19H,(H2,16,17,20,21). The number of aromatic hydroxyl groups is 1. The molecule has 3 amide bonds. The molecule has 0 heterocycles. The number of hydrogen-bond acceptors (Lipinski definition) is 5. The van der Waals surface area contributed by atoms with Crippen molar-refractivity contribution in [3.05, 3.63) is 63.2 Å². The summed E-state index contributed by atoms with van der Waals surface area (Å²) in [5.41, 5.74) is -0.414. The molecule has 9 heteroatoms. The van der Waals surface area contributed by atoms with Crippen LogP contribution in [0.25, 0.3) is 0 Å². The van der Waals surface area contributed by atoms with E-state index in [1.165, 1.54) is 36.4 Å². The molecule has 2 aromatic carbocycles. The minimum atomic E-state index is -0.917. The normalized spacial score (nSPS) is 9.96. The second-order valence-electron chi connectivity index (χ2n) is 4.35. The summed E-state index contributed by atoms with van der Waals surface area (Å²) < 4.78 is 0.